The van der Waals surface area contributed by atoms with E-state index in [1.807, 2.05) is 42.6 Å². The number of H-pyrrole nitrogens is 1. The quantitative estimate of drug-likeness (QED) is 0.519. The van der Waals surface area contributed by atoms with Gasteiger partial charge >= 0.3 is 0 Å². The predicted molar refractivity (Wildman–Crippen MR) is 92.7 cm³/mol. The fraction of sp³-hybridized carbons (Fsp3) is 0.0526. The van der Waals surface area contributed by atoms with Crippen molar-refractivity contribution in [3.8, 4) is 5.75 Å². The Hall–Kier alpha value is -3.14. The van der Waals surface area contributed by atoms with E-state index in [2.05, 4.69) is 22.1 Å². The maximum Gasteiger partial charge on any atom is 0.231 e. The molecule has 0 saturated heterocycles. The molecule has 4 heteroatoms. The van der Waals surface area contributed by atoms with Gasteiger partial charge in [-0.15, -0.1) is 0 Å². The lowest BCUT2D eigenvalue weighted by Crippen LogP contribution is -2.04. The standard InChI is InChI=1S/C10H9NO2.C9H7N/c1-6-9(12)10(13)7-4-2-3-5-8(7)11-6;1-2-6-9-8(4-1)5-3-7-10-9/h2-5,12H,1H3,(H,11,13);1-7H. The predicted octanol–water partition coefficient (Wildman–Crippen LogP) is 3.78. The largest absolute Gasteiger partial charge is 0.503 e. The molecule has 4 nitrogen and oxygen atoms in total. The molecule has 0 aliphatic rings. The van der Waals surface area contributed by atoms with Crippen LogP contribution in [0.5, 0.6) is 5.75 Å². The lowest BCUT2D eigenvalue weighted by molar-refractivity contribution is 0.464. The van der Waals surface area contributed by atoms with Crippen LogP contribution in [0, 0.1) is 6.92 Å². The zero-order valence-corrected chi connectivity index (χ0v) is 12.7. The molecular formula is C19H16N2O2. The molecule has 0 radical (unpaired) electrons. The van der Waals surface area contributed by atoms with Gasteiger partial charge in [0.2, 0.25) is 5.43 Å². The SMILES string of the molecule is Cc1[nH]c2ccccc2c(=O)c1O.c1ccc2ncccc2c1. The van der Waals surface area contributed by atoms with Crippen LogP contribution < -0.4 is 5.43 Å². The summed E-state index contributed by atoms with van der Waals surface area (Å²) in [6.45, 7) is 1.67. The number of aromatic hydroxyl groups is 1. The zero-order chi connectivity index (χ0) is 16.2. The van der Waals surface area contributed by atoms with Crippen molar-refractivity contribution >= 4 is 21.8 Å². The van der Waals surface area contributed by atoms with Gasteiger partial charge in [-0.2, -0.15) is 0 Å². The molecule has 0 atom stereocenters. The number of aromatic nitrogens is 2. The summed E-state index contributed by atoms with van der Waals surface area (Å²) in [6.07, 6.45) is 1.81. The third-order valence-corrected chi connectivity index (χ3v) is 3.58. The minimum Gasteiger partial charge on any atom is -0.503 e. The lowest BCUT2D eigenvalue weighted by Gasteiger charge is -2.01. The second-order valence-corrected chi connectivity index (χ2v) is 5.17. The van der Waals surface area contributed by atoms with Crippen LogP contribution in [0.2, 0.25) is 0 Å². The first-order valence-corrected chi connectivity index (χ1v) is 7.27. The third kappa shape index (κ3) is 3.06. The number of pyridine rings is 2. The topological polar surface area (TPSA) is 66.0 Å². The fourth-order valence-corrected chi connectivity index (χ4v) is 2.37. The summed E-state index contributed by atoms with van der Waals surface area (Å²) in [5.74, 6) is -0.196. The monoisotopic (exact) mass is 304 g/mol. The highest BCUT2D eigenvalue weighted by molar-refractivity contribution is 5.80. The van der Waals surface area contributed by atoms with Gasteiger partial charge in [-0.1, -0.05) is 36.4 Å². The number of rotatable bonds is 0. The molecule has 0 unspecified atom stereocenters. The Morgan fingerprint density at radius 3 is 2.48 bits per heavy atom. The third-order valence-electron chi connectivity index (χ3n) is 3.58. The van der Waals surface area contributed by atoms with E-state index in [-0.39, 0.29) is 11.2 Å². The number of hydrogen-bond acceptors (Lipinski definition) is 3. The number of para-hydroxylation sites is 2. The summed E-state index contributed by atoms with van der Waals surface area (Å²) in [5, 5.41) is 11.1. The summed E-state index contributed by atoms with van der Waals surface area (Å²) in [5.41, 5.74) is 2.00. The summed E-state index contributed by atoms with van der Waals surface area (Å²) >= 11 is 0. The summed E-state index contributed by atoms with van der Waals surface area (Å²) < 4.78 is 0. The van der Waals surface area contributed by atoms with Crippen LogP contribution in [-0.4, -0.2) is 15.1 Å². The van der Waals surface area contributed by atoms with E-state index in [0.29, 0.717) is 11.1 Å². The number of nitrogens with zero attached hydrogens (tertiary/aromatic N) is 1. The number of fused-ring (bicyclic) bond motifs is 2. The normalized spacial score (nSPS) is 10.3. The van der Waals surface area contributed by atoms with E-state index in [0.717, 1.165) is 11.0 Å². The molecule has 2 aromatic carbocycles. The average Bonchev–Trinajstić information content (AvgIpc) is 2.60. The molecule has 4 rings (SSSR count). The van der Waals surface area contributed by atoms with Crippen molar-refractivity contribution in [3.05, 3.63) is 82.8 Å². The first-order chi connectivity index (χ1) is 11.2. The molecule has 2 aromatic heterocycles. The molecule has 114 valence electrons. The van der Waals surface area contributed by atoms with E-state index in [1.54, 1.807) is 19.1 Å². The summed E-state index contributed by atoms with van der Waals surface area (Å²) in [4.78, 5) is 18.6. The Bertz CT molecular complexity index is 957. The Labute approximate surface area is 133 Å². The van der Waals surface area contributed by atoms with Crippen molar-refractivity contribution in [2.45, 2.75) is 6.92 Å². The zero-order valence-electron chi connectivity index (χ0n) is 12.7. The Kier molecular flexibility index (Phi) is 4.06. The molecule has 0 bridgehead atoms. The smallest absolute Gasteiger partial charge is 0.231 e. The van der Waals surface area contributed by atoms with Crippen LogP contribution >= 0.6 is 0 Å². The lowest BCUT2D eigenvalue weighted by atomic mass is 10.2. The van der Waals surface area contributed by atoms with E-state index in [1.165, 1.54) is 5.39 Å². The van der Waals surface area contributed by atoms with E-state index in [4.69, 9.17) is 0 Å². The molecule has 23 heavy (non-hydrogen) atoms. The van der Waals surface area contributed by atoms with Gasteiger partial charge < -0.3 is 10.1 Å². The van der Waals surface area contributed by atoms with Crippen molar-refractivity contribution in [3.63, 3.8) is 0 Å². The van der Waals surface area contributed by atoms with Gasteiger partial charge in [0.1, 0.15) is 0 Å². The van der Waals surface area contributed by atoms with Crippen LogP contribution in [-0.2, 0) is 0 Å². The van der Waals surface area contributed by atoms with Crippen molar-refractivity contribution in [1.82, 2.24) is 9.97 Å². The van der Waals surface area contributed by atoms with Crippen LogP contribution in [0.25, 0.3) is 21.8 Å². The van der Waals surface area contributed by atoms with E-state index < -0.39 is 0 Å². The van der Waals surface area contributed by atoms with Gasteiger partial charge in [-0.3, -0.25) is 9.78 Å². The molecule has 4 aromatic rings. The Balaban J connectivity index is 0.000000140. The number of aromatic amines is 1. The maximum atomic E-state index is 11.5. The van der Waals surface area contributed by atoms with Crippen molar-refractivity contribution in [2.75, 3.05) is 0 Å². The van der Waals surface area contributed by atoms with Crippen LogP contribution in [0.15, 0.2) is 71.7 Å². The molecule has 2 N–H and O–H groups in total. The molecule has 0 spiro atoms. The fourth-order valence-electron chi connectivity index (χ4n) is 2.37. The minimum atomic E-state index is -0.313. The van der Waals surface area contributed by atoms with Crippen LogP contribution in [0.4, 0.5) is 0 Å². The molecule has 0 aliphatic heterocycles. The van der Waals surface area contributed by atoms with Crippen molar-refractivity contribution in [2.24, 2.45) is 0 Å². The van der Waals surface area contributed by atoms with Crippen molar-refractivity contribution in [1.29, 1.82) is 0 Å². The molecule has 0 fully saturated rings. The number of hydrogen-bond donors (Lipinski definition) is 2. The maximum absolute atomic E-state index is 11.5. The summed E-state index contributed by atoms with van der Waals surface area (Å²) in [7, 11) is 0. The van der Waals surface area contributed by atoms with E-state index >= 15 is 0 Å². The first-order valence-electron chi connectivity index (χ1n) is 7.27. The number of nitrogens with one attached hydrogen (secondary N) is 1. The van der Waals surface area contributed by atoms with Gasteiger partial charge in [0, 0.05) is 22.5 Å². The number of aryl methyl sites for hydroxylation is 1. The van der Waals surface area contributed by atoms with Gasteiger partial charge in [0.15, 0.2) is 5.75 Å². The molecule has 0 amide bonds. The van der Waals surface area contributed by atoms with Gasteiger partial charge in [0.05, 0.1) is 11.2 Å². The second kappa shape index (κ2) is 6.32. The highest BCUT2D eigenvalue weighted by atomic mass is 16.3. The molecule has 2 heterocycles. The Morgan fingerprint density at radius 1 is 0.957 bits per heavy atom. The number of benzene rings is 2. The Morgan fingerprint density at radius 2 is 1.65 bits per heavy atom. The van der Waals surface area contributed by atoms with Gasteiger partial charge in [-0.25, -0.2) is 0 Å². The van der Waals surface area contributed by atoms with E-state index in [9.17, 15) is 9.90 Å². The minimum absolute atomic E-state index is 0.196. The average molecular weight is 304 g/mol. The van der Waals surface area contributed by atoms with Crippen molar-refractivity contribution < 1.29 is 5.11 Å². The van der Waals surface area contributed by atoms with Crippen LogP contribution in [0.3, 0.4) is 0 Å². The second-order valence-electron chi connectivity index (χ2n) is 5.17. The van der Waals surface area contributed by atoms with Gasteiger partial charge in [-0.05, 0) is 31.2 Å². The molecular weight excluding hydrogens is 288 g/mol. The summed E-state index contributed by atoms with van der Waals surface area (Å²) in [6, 6.07) is 19.2. The molecule has 0 saturated carbocycles. The van der Waals surface area contributed by atoms with Crippen LogP contribution in [0.1, 0.15) is 5.69 Å². The first kappa shape index (κ1) is 14.8. The molecule has 0 aliphatic carbocycles. The highest BCUT2D eigenvalue weighted by Gasteiger charge is 2.05. The van der Waals surface area contributed by atoms with Gasteiger partial charge in [0.25, 0.3) is 0 Å². The highest BCUT2D eigenvalue weighted by Crippen LogP contribution is 2.14.